The summed E-state index contributed by atoms with van der Waals surface area (Å²) in [6.07, 6.45) is 5.20. The summed E-state index contributed by atoms with van der Waals surface area (Å²) >= 11 is 0. The smallest absolute Gasteiger partial charge is 0.326 e. The number of amides is 2. The number of carboxylic acid groups (broad SMARTS) is 1. The van der Waals surface area contributed by atoms with Crippen LogP contribution in [0.3, 0.4) is 0 Å². The molecule has 108 valence electrons. The van der Waals surface area contributed by atoms with Crippen LogP contribution in [0.2, 0.25) is 0 Å². The van der Waals surface area contributed by atoms with Crippen molar-refractivity contribution in [2.24, 2.45) is 29.6 Å². The molecular formula is C15H19NO4. The molecule has 5 atom stereocenters. The van der Waals surface area contributed by atoms with E-state index in [0.29, 0.717) is 6.42 Å². The highest BCUT2D eigenvalue weighted by Crippen LogP contribution is 2.53. The van der Waals surface area contributed by atoms with E-state index in [9.17, 15) is 19.5 Å². The zero-order valence-corrected chi connectivity index (χ0v) is 11.7. The molecule has 20 heavy (non-hydrogen) atoms. The van der Waals surface area contributed by atoms with Crippen LogP contribution >= 0.6 is 0 Å². The van der Waals surface area contributed by atoms with Crippen molar-refractivity contribution < 1.29 is 19.5 Å². The Morgan fingerprint density at radius 2 is 1.75 bits per heavy atom. The highest BCUT2D eigenvalue weighted by atomic mass is 16.4. The lowest BCUT2D eigenvalue weighted by Gasteiger charge is -2.25. The van der Waals surface area contributed by atoms with Crippen LogP contribution in [-0.2, 0) is 14.4 Å². The molecule has 1 aliphatic heterocycles. The van der Waals surface area contributed by atoms with E-state index < -0.39 is 12.0 Å². The lowest BCUT2D eigenvalue weighted by molar-refractivity contribution is -0.156. The van der Waals surface area contributed by atoms with Gasteiger partial charge in [0.15, 0.2) is 0 Å². The molecule has 1 saturated heterocycles. The van der Waals surface area contributed by atoms with Crippen molar-refractivity contribution in [1.29, 1.82) is 0 Å². The summed E-state index contributed by atoms with van der Waals surface area (Å²) in [5.41, 5.74) is 0. The number of hydrogen-bond acceptors (Lipinski definition) is 3. The fourth-order valence-electron chi connectivity index (χ4n) is 4.00. The summed E-state index contributed by atoms with van der Waals surface area (Å²) in [5.74, 6) is -1.89. The second-order valence-corrected chi connectivity index (χ2v) is 6.53. The third-order valence-electron chi connectivity index (χ3n) is 4.80. The number of rotatable bonds is 4. The van der Waals surface area contributed by atoms with E-state index >= 15 is 0 Å². The first kappa shape index (κ1) is 13.3. The topological polar surface area (TPSA) is 74.7 Å². The molecule has 3 aliphatic rings. The summed E-state index contributed by atoms with van der Waals surface area (Å²) in [5, 5.41) is 9.37. The average Bonchev–Trinajstić information content (AvgIpc) is 3.01. The second-order valence-electron chi connectivity index (χ2n) is 6.53. The third kappa shape index (κ3) is 1.72. The maximum absolute atomic E-state index is 12.5. The van der Waals surface area contributed by atoms with Gasteiger partial charge in [0.1, 0.15) is 6.04 Å². The summed E-state index contributed by atoms with van der Waals surface area (Å²) in [7, 11) is 0. The summed E-state index contributed by atoms with van der Waals surface area (Å²) < 4.78 is 0. The molecular weight excluding hydrogens is 258 g/mol. The maximum atomic E-state index is 12.5. The number of likely N-dealkylation sites (tertiary alicyclic amines) is 1. The van der Waals surface area contributed by atoms with Crippen molar-refractivity contribution in [3.8, 4) is 0 Å². The molecule has 1 saturated carbocycles. The van der Waals surface area contributed by atoms with Gasteiger partial charge in [0, 0.05) is 0 Å². The molecule has 3 rings (SSSR count). The minimum absolute atomic E-state index is 0.118. The summed E-state index contributed by atoms with van der Waals surface area (Å²) in [4.78, 5) is 37.5. The Morgan fingerprint density at radius 1 is 1.25 bits per heavy atom. The summed E-state index contributed by atoms with van der Waals surface area (Å²) in [6.45, 7) is 3.79. The van der Waals surface area contributed by atoms with E-state index in [2.05, 4.69) is 0 Å². The lowest BCUT2D eigenvalue weighted by Crippen LogP contribution is -2.47. The molecule has 0 aromatic rings. The SMILES string of the molecule is CC(C)C[C@H](C(=O)O)N1C(=O)[C@@H]2[C@@H](C1=O)[C@H]1C=C[C@@H]2C1. The number of carbonyl (C=O) groups excluding carboxylic acids is 2. The maximum Gasteiger partial charge on any atom is 0.326 e. The van der Waals surface area contributed by atoms with Gasteiger partial charge in [0.25, 0.3) is 0 Å². The zero-order valence-electron chi connectivity index (χ0n) is 11.7. The van der Waals surface area contributed by atoms with Gasteiger partial charge in [-0.1, -0.05) is 26.0 Å². The van der Waals surface area contributed by atoms with Gasteiger partial charge in [-0.25, -0.2) is 4.79 Å². The second kappa shape index (κ2) is 4.43. The lowest BCUT2D eigenvalue weighted by atomic mass is 9.85. The number of nitrogens with zero attached hydrogens (tertiary/aromatic N) is 1. The number of allylic oxidation sites excluding steroid dienone is 2. The third-order valence-corrected chi connectivity index (χ3v) is 4.80. The number of hydrogen-bond donors (Lipinski definition) is 1. The quantitative estimate of drug-likeness (QED) is 0.620. The van der Waals surface area contributed by atoms with Crippen LogP contribution in [0.5, 0.6) is 0 Å². The molecule has 0 spiro atoms. The predicted octanol–water partition coefficient (Wildman–Crippen LogP) is 1.29. The highest BCUT2D eigenvalue weighted by molar-refractivity contribution is 6.08. The van der Waals surface area contributed by atoms with E-state index in [-0.39, 0.29) is 41.4 Å². The van der Waals surface area contributed by atoms with E-state index in [4.69, 9.17) is 0 Å². The molecule has 2 aliphatic carbocycles. The number of fused-ring (bicyclic) bond motifs is 5. The van der Waals surface area contributed by atoms with Crippen LogP contribution < -0.4 is 0 Å². The average molecular weight is 277 g/mol. The Labute approximate surface area is 117 Å². The number of imide groups is 1. The molecule has 2 amide bonds. The zero-order chi connectivity index (χ0) is 14.6. The van der Waals surface area contributed by atoms with Crippen LogP contribution in [0.25, 0.3) is 0 Å². The first-order valence-electron chi connectivity index (χ1n) is 7.20. The van der Waals surface area contributed by atoms with Gasteiger partial charge < -0.3 is 5.11 Å². The van der Waals surface area contributed by atoms with Crippen LogP contribution in [0.1, 0.15) is 26.7 Å². The minimum Gasteiger partial charge on any atom is -0.480 e. The fraction of sp³-hybridized carbons (Fsp3) is 0.667. The number of carboxylic acids is 1. The fourth-order valence-corrected chi connectivity index (χ4v) is 4.00. The van der Waals surface area contributed by atoms with Gasteiger partial charge in [-0.05, 0) is 30.6 Å². The van der Waals surface area contributed by atoms with Gasteiger partial charge in [0.2, 0.25) is 11.8 Å². The van der Waals surface area contributed by atoms with E-state index in [1.54, 1.807) is 0 Å². The Bertz CT molecular complexity index is 480. The molecule has 2 bridgehead atoms. The predicted molar refractivity (Wildman–Crippen MR) is 70.4 cm³/mol. The largest absolute Gasteiger partial charge is 0.480 e. The number of carbonyl (C=O) groups is 3. The normalized spacial score (nSPS) is 36.0. The van der Waals surface area contributed by atoms with Crippen molar-refractivity contribution in [3.05, 3.63) is 12.2 Å². The molecule has 0 aromatic heterocycles. The molecule has 5 nitrogen and oxygen atoms in total. The molecule has 0 aromatic carbocycles. The van der Waals surface area contributed by atoms with Crippen molar-refractivity contribution in [2.45, 2.75) is 32.7 Å². The van der Waals surface area contributed by atoms with E-state index in [1.807, 2.05) is 26.0 Å². The van der Waals surface area contributed by atoms with Crippen LogP contribution in [0, 0.1) is 29.6 Å². The van der Waals surface area contributed by atoms with Crippen molar-refractivity contribution in [1.82, 2.24) is 4.90 Å². The Kier molecular flexibility index (Phi) is 2.96. The highest BCUT2D eigenvalue weighted by Gasteiger charge is 2.61. The van der Waals surface area contributed by atoms with Crippen LogP contribution in [0.15, 0.2) is 12.2 Å². The Morgan fingerprint density at radius 3 is 2.15 bits per heavy atom. The Balaban J connectivity index is 1.90. The van der Waals surface area contributed by atoms with E-state index in [0.717, 1.165) is 11.3 Å². The number of aliphatic carboxylic acids is 1. The molecule has 2 fully saturated rings. The van der Waals surface area contributed by atoms with Crippen LogP contribution in [0.4, 0.5) is 0 Å². The van der Waals surface area contributed by atoms with Gasteiger partial charge in [-0.2, -0.15) is 0 Å². The van der Waals surface area contributed by atoms with Gasteiger partial charge in [-0.15, -0.1) is 0 Å². The van der Waals surface area contributed by atoms with Crippen molar-refractivity contribution >= 4 is 17.8 Å². The first-order valence-corrected chi connectivity index (χ1v) is 7.20. The first-order chi connectivity index (χ1) is 9.41. The van der Waals surface area contributed by atoms with Crippen molar-refractivity contribution in [3.63, 3.8) is 0 Å². The standard InChI is InChI=1S/C15H19NO4/c1-7(2)5-10(15(19)20)16-13(17)11-8-3-4-9(6-8)12(11)14(16)18/h3-4,7-12H,5-6H2,1-2H3,(H,19,20)/t8-,9+,10-,11+,12+/m1/s1. The Hall–Kier alpha value is -1.65. The summed E-state index contributed by atoms with van der Waals surface area (Å²) in [6, 6.07) is -1.01. The van der Waals surface area contributed by atoms with Crippen LogP contribution in [-0.4, -0.2) is 33.8 Å². The minimum atomic E-state index is -1.08. The van der Waals surface area contributed by atoms with Crippen molar-refractivity contribution in [2.75, 3.05) is 0 Å². The molecule has 1 heterocycles. The molecule has 0 radical (unpaired) electrons. The monoisotopic (exact) mass is 277 g/mol. The van der Waals surface area contributed by atoms with Gasteiger partial charge in [0.05, 0.1) is 11.8 Å². The van der Waals surface area contributed by atoms with Gasteiger partial charge >= 0.3 is 5.97 Å². The molecule has 0 unspecified atom stereocenters. The molecule has 5 heteroatoms. The molecule has 1 N–H and O–H groups in total. The van der Waals surface area contributed by atoms with Gasteiger partial charge in [-0.3, -0.25) is 14.5 Å². The van der Waals surface area contributed by atoms with E-state index in [1.165, 1.54) is 0 Å².